The maximum absolute atomic E-state index is 10.6. The van der Waals surface area contributed by atoms with Gasteiger partial charge in [0.25, 0.3) is 0 Å². The Morgan fingerprint density at radius 1 is 1.50 bits per heavy atom. The Morgan fingerprint density at radius 3 is 2.94 bits per heavy atom. The van der Waals surface area contributed by atoms with Crippen molar-refractivity contribution in [2.75, 3.05) is 17.6 Å². The Morgan fingerprint density at radius 2 is 2.33 bits per heavy atom. The van der Waals surface area contributed by atoms with Crippen LogP contribution in [0.25, 0.3) is 0 Å². The first kappa shape index (κ1) is 11.8. The van der Waals surface area contributed by atoms with E-state index in [0.717, 1.165) is 0 Å². The van der Waals surface area contributed by atoms with Crippen molar-refractivity contribution in [3.8, 4) is 0 Å². The smallest absolute Gasteiger partial charge is 0.311 e. The first-order valence-electron chi connectivity index (χ1n) is 5.29. The van der Waals surface area contributed by atoms with E-state index in [0.29, 0.717) is 18.9 Å². The topological polar surface area (TPSA) is 112 Å². The number of nitrogens with one attached hydrogen (secondary N) is 1. The highest BCUT2D eigenvalue weighted by Crippen LogP contribution is 2.20. The lowest BCUT2D eigenvalue weighted by molar-refractivity contribution is -0.384. The molecule has 2 aromatic heterocycles. The van der Waals surface area contributed by atoms with Crippen LogP contribution < -0.4 is 11.1 Å². The minimum Gasteiger partial charge on any atom is -0.378 e. The number of nitrogens with two attached hydrogens (primary N) is 1. The van der Waals surface area contributed by atoms with Gasteiger partial charge < -0.3 is 11.1 Å². The van der Waals surface area contributed by atoms with Gasteiger partial charge in [-0.1, -0.05) is 0 Å². The van der Waals surface area contributed by atoms with Gasteiger partial charge in [0.2, 0.25) is 5.82 Å². The SMILES string of the molecule is Nc1nc(NCCn2cccn2)ccc1[N+](=O)[O-]. The van der Waals surface area contributed by atoms with Crippen LogP contribution in [-0.4, -0.2) is 26.2 Å². The first-order chi connectivity index (χ1) is 8.66. The molecular weight excluding hydrogens is 236 g/mol. The summed E-state index contributed by atoms with van der Waals surface area (Å²) < 4.78 is 1.77. The molecule has 8 nitrogen and oxygen atoms in total. The van der Waals surface area contributed by atoms with E-state index in [9.17, 15) is 10.1 Å². The fourth-order valence-electron chi connectivity index (χ4n) is 1.45. The molecule has 0 spiro atoms. The number of anilines is 2. The van der Waals surface area contributed by atoms with Crippen molar-refractivity contribution in [3.63, 3.8) is 0 Å². The van der Waals surface area contributed by atoms with Gasteiger partial charge in [-0.05, 0) is 12.1 Å². The van der Waals surface area contributed by atoms with Gasteiger partial charge in [0.05, 0.1) is 11.5 Å². The molecule has 0 atom stereocenters. The number of hydrogen-bond donors (Lipinski definition) is 2. The summed E-state index contributed by atoms with van der Waals surface area (Å²) in [6, 6.07) is 4.69. The Balaban J connectivity index is 1.94. The van der Waals surface area contributed by atoms with Gasteiger partial charge in [0, 0.05) is 25.0 Å². The average Bonchev–Trinajstić information content (AvgIpc) is 2.81. The van der Waals surface area contributed by atoms with E-state index < -0.39 is 4.92 Å². The summed E-state index contributed by atoms with van der Waals surface area (Å²) in [4.78, 5) is 13.9. The molecule has 0 saturated carbocycles. The third-order valence-corrected chi connectivity index (χ3v) is 2.31. The zero-order chi connectivity index (χ0) is 13.0. The molecule has 8 heteroatoms. The van der Waals surface area contributed by atoms with Crippen LogP contribution in [0, 0.1) is 10.1 Å². The van der Waals surface area contributed by atoms with Gasteiger partial charge in [-0.15, -0.1) is 0 Å². The van der Waals surface area contributed by atoms with Gasteiger partial charge in [0.15, 0.2) is 0 Å². The lowest BCUT2D eigenvalue weighted by Gasteiger charge is -2.06. The summed E-state index contributed by atoms with van der Waals surface area (Å²) in [5, 5.41) is 17.6. The normalized spacial score (nSPS) is 10.2. The predicted octanol–water partition coefficient (Wildman–Crippen LogP) is 0.881. The molecule has 0 aliphatic carbocycles. The van der Waals surface area contributed by atoms with E-state index in [2.05, 4.69) is 15.4 Å². The predicted molar refractivity (Wildman–Crippen MR) is 66.0 cm³/mol. The number of hydrogen-bond acceptors (Lipinski definition) is 6. The number of aromatic nitrogens is 3. The molecule has 18 heavy (non-hydrogen) atoms. The first-order valence-corrected chi connectivity index (χ1v) is 5.29. The zero-order valence-electron chi connectivity index (χ0n) is 9.48. The molecule has 2 aromatic rings. The Bertz CT molecular complexity index is 539. The van der Waals surface area contributed by atoms with E-state index in [1.54, 1.807) is 10.9 Å². The fraction of sp³-hybridized carbons (Fsp3) is 0.200. The van der Waals surface area contributed by atoms with Crippen molar-refractivity contribution in [1.82, 2.24) is 14.8 Å². The second kappa shape index (κ2) is 5.13. The van der Waals surface area contributed by atoms with Gasteiger partial charge in [-0.2, -0.15) is 5.10 Å². The summed E-state index contributed by atoms with van der Waals surface area (Å²) in [6.45, 7) is 1.28. The second-order valence-electron chi connectivity index (χ2n) is 3.55. The molecule has 0 saturated heterocycles. The number of nitrogens with zero attached hydrogens (tertiary/aromatic N) is 4. The van der Waals surface area contributed by atoms with E-state index in [-0.39, 0.29) is 11.5 Å². The van der Waals surface area contributed by atoms with E-state index in [1.807, 2.05) is 12.3 Å². The van der Waals surface area contributed by atoms with Crippen molar-refractivity contribution >= 4 is 17.3 Å². The molecule has 0 amide bonds. The van der Waals surface area contributed by atoms with Gasteiger partial charge in [0.1, 0.15) is 5.82 Å². The van der Waals surface area contributed by atoms with Crippen molar-refractivity contribution in [2.24, 2.45) is 0 Å². The van der Waals surface area contributed by atoms with Crippen molar-refractivity contribution in [1.29, 1.82) is 0 Å². The molecule has 2 heterocycles. The molecule has 0 bridgehead atoms. The molecule has 3 N–H and O–H groups in total. The Kier molecular flexibility index (Phi) is 3.37. The standard InChI is InChI=1S/C10H12N6O2/c11-10-8(16(17)18)2-3-9(14-10)12-5-7-15-6-1-4-13-15/h1-4,6H,5,7H2,(H3,11,12,14). The van der Waals surface area contributed by atoms with Crippen molar-refractivity contribution in [2.45, 2.75) is 6.54 Å². The third kappa shape index (κ3) is 2.73. The van der Waals surface area contributed by atoms with E-state index in [1.165, 1.54) is 12.1 Å². The second-order valence-corrected chi connectivity index (χ2v) is 3.55. The Hall–Kier alpha value is -2.64. The van der Waals surface area contributed by atoms with Crippen molar-refractivity contribution in [3.05, 3.63) is 40.7 Å². The lowest BCUT2D eigenvalue weighted by Crippen LogP contribution is -2.12. The summed E-state index contributed by atoms with van der Waals surface area (Å²) in [7, 11) is 0. The van der Waals surface area contributed by atoms with Crippen LogP contribution in [0.3, 0.4) is 0 Å². The molecule has 0 radical (unpaired) electrons. The van der Waals surface area contributed by atoms with Crippen LogP contribution in [-0.2, 0) is 6.54 Å². The van der Waals surface area contributed by atoms with Crippen LogP contribution in [0.5, 0.6) is 0 Å². The van der Waals surface area contributed by atoms with Gasteiger partial charge in [-0.3, -0.25) is 14.8 Å². The van der Waals surface area contributed by atoms with Gasteiger partial charge in [-0.25, -0.2) is 4.98 Å². The lowest BCUT2D eigenvalue weighted by atomic mass is 10.4. The summed E-state index contributed by atoms with van der Waals surface area (Å²) in [5.74, 6) is 0.411. The Labute approximate surface area is 103 Å². The average molecular weight is 248 g/mol. The highest BCUT2D eigenvalue weighted by atomic mass is 16.6. The molecule has 0 aliphatic rings. The largest absolute Gasteiger partial charge is 0.378 e. The molecular formula is C10H12N6O2. The monoisotopic (exact) mass is 248 g/mol. The van der Waals surface area contributed by atoms with Crippen molar-refractivity contribution < 1.29 is 4.92 Å². The van der Waals surface area contributed by atoms with Crippen LogP contribution in [0.1, 0.15) is 0 Å². The van der Waals surface area contributed by atoms with E-state index >= 15 is 0 Å². The number of nitro groups is 1. The third-order valence-electron chi connectivity index (χ3n) is 2.31. The summed E-state index contributed by atoms with van der Waals surface area (Å²) in [6.07, 6.45) is 3.54. The van der Waals surface area contributed by atoms with E-state index in [4.69, 9.17) is 5.73 Å². The van der Waals surface area contributed by atoms with Gasteiger partial charge >= 0.3 is 5.69 Å². The summed E-state index contributed by atoms with van der Waals surface area (Å²) in [5.41, 5.74) is 5.29. The number of nitrogen functional groups attached to an aromatic ring is 1. The maximum Gasteiger partial charge on any atom is 0.311 e. The quantitative estimate of drug-likeness (QED) is 0.600. The number of rotatable bonds is 5. The molecule has 0 fully saturated rings. The minimum absolute atomic E-state index is 0.0934. The zero-order valence-corrected chi connectivity index (χ0v) is 9.48. The van der Waals surface area contributed by atoms with Crippen LogP contribution in [0.15, 0.2) is 30.6 Å². The molecule has 94 valence electrons. The number of pyridine rings is 1. The molecule has 0 aliphatic heterocycles. The van der Waals surface area contributed by atoms with Crippen LogP contribution in [0.2, 0.25) is 0 Å². The highest BCUT2D eigenvalue weighted by Gasteiger charge is 2.12. The molecule has 0 unspecified atom stereocenters. The molecule has 2 rings (SSSR count). The van der Waals surface area contributed by atoms with Crippen LogP contribution >= 0.6 is 0 Å². The summed E-state index contributed by atoms with van der Waals surface area (Å²) >= 11 is 0. The van der Waals surface area contributed by atoms with Crippen LogP contribution in [0.4, 0.5) is 17.3 Å². The molecule has 0 aromatic carbocycles. The maximum atomic E-state index is 10.6. The highest BCUT2D eigenvalue weighted by molar-refractivity contribution is 5.57. The minimum atomic E-state index is -0.560. The fourth-order valence-corrected chi connectivity index (χ4v) is 1.45.